The standard InChI is InChI=1S/C39H37N5O3S2/c1-39(2,3)26-16-17-30-31(21-40)38(49-34(30)19-26)44-35(45)23-48-28-13-9-12-27(20-28)42-37(47)33(43-36(46)24-10-5-4-6-11-24)18-25-22-41-32-15-8-7-14-29(25)32/h4-15,18,20,22,26,41H,16-17,19,23H2,1-3H3,(H,42,47)(H,43,46)(H,44,45)/b33-18-. The van der Waals surface area contributed by atoms with E-state index in [1.165, 1.54) is 28.0 Å². The van der Waals surface area contributed by atoms with Crippen LogP contribution in [0.25, 0.3) is 17.0 Å². The highest BCUT2D eigenvalue weighted by Gasteiger charge is 2.32. The molecule has 3 amide bonds. The number of H-pyrrole nitrogens is 1. The van der Waals surface area contributed by atoms with Crippen LogP contribution in [0, 0.1) is 22.7 Å². The Kier molecular flexibility index (Phi) is 10.0. The number of carbonyl (C=O) groups excluding carboxylic acids is 3. The topological polar surface area (TPSA) is 127 Å². The molecule has 49 heavy (non-hydrogen) atoms. The molecule has 1 unspecified atom stereocenters. The van der Waals surface area contributed by atoms with E-state index in [4.69, 9.17) is 0 Å². The molecule has 2 aromatic heterocycles. The number of nitriles is 1. The fourth-order valence-corrected chi connectivity index (χ4v) is 8.07. The number of aromatic nitrogens is 1. The first-order valence-electron chi connectivity index (χ1n) is 16.1. The van der Waals surface area contributed by atoms with Crippen LogP contribution in [0.15, 0.2) is 95.7 Å². The number of carbonyl (C=O) groups is 3. The van der Waals surface area contributed by atoms with E-state index in [0.29, 0.717) is 27.7 Å². The van der Waals surface area contributed by atoms with Crippen molar-refractivity contribution in [2.45, 2.75) is 44.9 Å². The van der Waals surface area contributed by atoms with Gasteiger partial charge in [0.05, 0.1) is 11.3 Å². The molecule has 0 saturated carbocycles. The third-order valence-corrected chi connectivity index (χ3v) is 10.9. The number of aromatic amines is 1. The summed E-state index contributed by atoms with van der Waals surface area (Å²) in [6, 6.07) is 26.0. The molecule has 4 N–H and O–H groups in total. The average molecular weight is 688 g/mol. The number of thioether (sulfide) groups is 1. The molecule has 0 radical (unpaired) electrons. The molecule has 2 heterocycles. The van der Waals surface area contributed by atoms with Gasteiger partial charge in [-0.1, -0.05) is 63.2 Å². The lowest BCUT2D eigenvalue weighted by Gasteiger charge is -2.33. The number of hydrogen-bond donors (Lipinski definition) is 4. The summed E-state index contributed by atoms with van der Waals surface area (Å²) in [5.74, 6) is -0.424. The van der Waals surface area contributed by atoms with Crippen LogP contribution in [0.2, 0.25) is 0 Å². The SMILES string of the molecule is CC(C)(C)C1CCc2c(sc(NC(=O)CSc3cccc(NC(=O)/C(=C/c4c[nH]c5ccccc45)NC(=O)c4ccccc4)c3)c2C#N)C1. The van der Waals surface area contributed by atoms with Crippen molar-refractivity contribution in [3.8, 4) is 6.07 Å². The van der Waals surface area contributed by atoms with Crippen LogP contribution < -0.4 is 16.0 Å². The Labute approximate surface area is 294 Å². The summed E-state index contributed by atoms with van der Waals surface area (Å²) in [7, 11) is 0. The fraction of sp³-hybridized carbons (Fsp3) is 0.231. The molecular formula is C39H37N5O3S2. The molecule has 1 aliphatic rings. The lowest BCUT2D eigenvalue weighted by Crippen LogP contribution is -2.30. The van der Waals surface area contributed by atoms with Crippen LogP contribution in [-0.2, 0) is 22.4 Å². The molecule has 1 atom stereocenters. The molecule has 6 rings (SSSR count). The smallest absolute Gasteiger partial charge is 0.272 e. The third-order valence-electron chi connectivity index (χ3n) is 8.77. The summed E-state index contributed by atoms with van der Waals surface area (Å²) in [6.45, 7) is 6.77. The molecule has 3 aromatic carbocycles. The van der Waals surface area contributed by atoms with Crippen LogP contribution in [0.3, 0.4) is 0 Å². The quantitative estimate of drug-likeness (QED) is 0.0915. The Morgan fingerprint density at radius 1 is 1.02 bits per heavy atom. The molecule has 1 aliphatic carbocycles. The molecule has 8 nitrogen and oxygen atoms in total. The Balaban J connectivity index is 1.13. The van der Waals surface area contributed by atoms with E-state index < -0.39 is 11.8 Å². The van der Waals surface area contributed by atoms with Crippen LogP contribution in [-0.4, -0.2) is 28.5 Å². The monoisotopic (exact) mass is 687 g/mol. The highest BCUT2D eigenvalue weighted by molar-refractivity contribution is 8.00. The highest BCUT2D eigenvalue weighted by atomic mass is 32.2. The van der Waals surface area contributed by atoms with Crippen LogP contribution in [0.5, 0.6) is 0 Å². The summed E-state index contributed by atoms with van der Waals surface area (Å²) in [4.78, 5) is 45.0. The normalized spacial score (nSPS) is 14.5. The predicted octanol–water partition coefficient (Wildman–Crippen LogP) is 8.39. The van der Waals surface area contributed by atoms with Gasteiger partial charge in [0.2, 0.25) is 5.91 Å². The van der Waals surface area contributed by atoms with Crippen molar-refractivity contribution >= 4 is 68.5 Å². The van der Waals surface area contributed by atoms with E-state index in [-0.39, 0.29) is 22.8 Å². The molecule has 0 bridgehead atoms. The van der Waals surface area contributed by atoms with Crippen molar-refractivity contribution in [1.82, 2.24) is 10.3 Å². The Morgan fingerprint density at radius 3 is 2.57 bits per heavy atom. The molecule has 5 aromatic rings. The van der Waals surface area contributed by atoms with E-state index in [0.717, 1.165) is 46.2 Å². The van der Waals surface area contributed by atoms with E-state index in [2.05, 4.69) is 47.8 Å². The molecule has 248 valence electrons. The first-order valence-corrected chi connectivity index (χ1v) is 17.9. The summed E-state index contributed by atoms with van der Waals surface area (Å²) < 4.78 is 0. The number of benzene rings is 3. The zero-order valence-corrected chi connectivity index (χ0v) is 29.2. The zero-order valence-electron chi connectivity index (χ0n) is 27.6. The first kappa shape index (κ1) is 33.8. The lowest BCUT2D eigenvalue weighted by molar-refractivity contribution is -0.114. The van der Waals surface area contributed by atoms with Gasteiger partial charge in [0.15, 0.2) is 0 Å². The summed E-state index contributed by atoms with van der Waals surface area (Å²) in [6.07, 6.45) is 6.27. The number of nitrogens with one attached hydrogen (secondary N) is 4. The minimum atomic E-state index is -0.492. The maximum absolute atomic E-state index is 13.6. The van der Waals surface area contributed by atoms with Gasteiger partial charge in [-0.3, -0.25) is 14.4 Å². The molecule has 0 fully saturated rings. The number of thiophene rings is 1. The largest absolute Gasteiger partial charge is 0.361 e. The van der Waals surface area contributed by atoms with Gasteiger partial charge >= 0.3 is 0 Å². The summed E-state index contributed by atoms with van der Waals surface area (Å²) in [5, 5.41) is 20.1. The minimum absolute atomic E-state index is 0.0804. The summed E-state index contributed by atoms with van der Waals surface area (Å²) >= 11 is 2.86. The predicted molar refractivity (Wildman–Crippen MR) is 199 cm³/mol. The number of rotatable bonds is 9. The zero-order chi connectivity index (χ0) is 34.5. The van der Waals surface area contributed by atoms with E-state index in [1.807, 2.05) is 36.4 Å². The van der Waals surface area contributed by atoms with Gasteiger partial charge in [-0.05, 0) is 78.6 Å². The van der Waals surface area contributed by atoms with E-state index in [9.17, 15) is 19.6 Å². The van der Waals surface area contributed by atoms with Crippen molar-refractivity contribution in [2.24, 2.45) is 11.3 Å². The average Bonchev–Trinajstić information content (AvgIpc) is 3.67. The lowest BCUT2D eigenvalue weighted by atomic mass is 9.72. The first-order chi connectivity index (χ1) is 23.6. The second kappa shape index (κ2) is 14.6. The van der Waals surface area contributed by atoms with Crippen LogP contribution in [0.4, 0.5) is 10.7 Å². The number of para-hydroxylation sites is 1. The number of anilines is 2. The van der Waals surface area contributed by atoms with Gasteiger partial charge in [-0.2, -0.15) is 5.26 Å². The second-order valence-corrected chi connectivity index (χ2v) is 15.3. The Hall–Kier alpha value is -5.11. The van der Waals surface area contributed by atoms with Crippen molar-refractivity contribution in [3.05, 3.63) is 118 Å². The van der Waals surface area contributed by atoms with Crippen LogP contribution in [0.1, 0.15) is 59.1 Å². The van der Waals surface area contributed by atoms with E-state index in [1.54, 1.807) is 54.7 Å². The number of hydrogen-bond acceptors (Lipinski definition) is 6. The number of nitrogens with zero attached hydrogens (tertiary/aromatic N) is 1. The van der Waals surface area contributed by atoms with Crippen LogP contribution >= 0.6 is 23.1 Å². The van der Waals surface area contributed by atoms with Gasteiger partial charge in [0.1, 0.15) is 16.8 Å². The maximum atomic E-state index is 13.6. The molecular weight excluding hydrogens is 651 g/mol. The third kappa shape index (κ3) is 7.96. The van der Waals surface area contributed by atoms with Gasteiger partial charge in [0.25, 0.3) is 11.8 Å². The highest BCUT2D eigenvalue weighted by Crippen LogP contribution is 2.44. The van der Waals surface area contributed by atoms with Gasteiger partial charge < -0.3 is 20.9 Å². The van der Waals surface area contributed by atoms with Gasteiger partial charge in [0, 0.05) is 43.7 Å². The fourth-order valence-electron chi connectivity index (χ4n) is 6.02. The molecule has 0 aliphatic heterocycles. The minimum Gasteiger partial charge on any atom is -0.361 e. The van der Waals surface area contributed by atoms with Crippen molar-refractivity contribution in [3.63, 3.8) is 0 Å². The van der Waals surface area contributed by atoms with Crippen molar-refractivity contribution < 1.29 is 14.4 Å². The van der Waals surface area contributed by atoms with Crippen molar-refractivity contribution in [2.75, 3.05) is 16.4 Å². The maximum Gasteiger partial charge on any atom is 0.272 e. The van der Waals surface area contributed by atoms with E-state index >= 15 is 0 Å². The van der Waals surface area contributed by atoms with Crippen molar-refractivity contribution in [1.29, 1.82) is 5.26 Å². The second-order valence-electron chi connectivity index (χ2n) is 13.1. The Bertz CT molecular complexity index is 2100. The van der Waals surface area contributed by atoms with Gasteiger partial charge in [-0.15, -0.1) is 23.1 Å². The van der Waals surface area contributed by atoms with Gasteiger partial charge in [-0.25, -0.2) is 0 Å². The number of amides is 3. The molecule has 10 heteroatoms. The molecule has 0 saturated heterocycles. The number of fused-ring (bicyclic) bond motifs is 2. The summed E-state index contributed by atoms with van der Waals surface area (Å²) in [5.41, 5.74) is 4.54. The Morgan fingerprint density at radius 2 is 1.80 bits per heavy atom. The molecule has 0 spiro atoms.